The van der Waals surface area contributed by atoms with Gasteiger partial charge < -0.3 is 4.74 Å². The Morgan fingerprint density at radius 2 is 1.48 bits per heavy atom. The topological polar surface area (TPSA) is 26.3 Å². The molecule has 0 radical (unpaired) electrons. The van der Waals surface area contributed by atoms with Gasteiger partial charge in [-0.05, 0) is 56.4 Å². The molecule has 0 amide bonds. The summed E-state index contributed by atoms with van der Waals surface area (Å²) in [7, 11) is 0. The summed E-state index contributed by atoms with van der Waals surface area (Å²) in [6, 6.07) is 18.2. The molecule has 0 fully saturated rings. The van der Waals surface area contributed by atoms with Crippen LogP contribution in [0.3, 0.4) is 0 Å². The second-order valence-electron chi connectivity index (χ2n) is 5.49. The summed E-state index contributed by atoms with van der Waals surface area (Å²) < 4.78 is 5.18. The van der Waals surface area contributed by atoms with Gasteiger partial charge in [-0.3, -0.25) is 0 Å². The van der Waals surface area contributed by atoms with E-state index in [2.05, 4.69) is 24.3 Å². The van der Waals surface area contributed by atoms with Crippen molar-refractivity contribution in [2.45, 2.75) is 39.2 Å². The van der Waals surface area contributed by atoms with Gasteiger partial charge in [-0.2, -0.15) is 0 Å². The van der Waals surface area contributed by atoms with Crippen molar-refractivity contribution in [1.29, 1.82) is 0 Å². The van der Waals surface area contributed by atoms with Crippen LogP contribution in [0.4, 0.5) is 0 Å². The minimum atomic E-state index is -0.249. The Labute approximate surface area is 126 Å². The first-order valence-corrected chi connectivity index (χ1v) is 7.49. The molecular formula is C19H22O2. The number of aryl methyl sites for hydroxylation is 2. The van der Waals surface area contributed by atoms with Gasteiger partial charge in [0.25, 0.3) is 0 Å². The van der Waals surface area contributed by atoms with Gasteiger partial charge in [-0.25, -0.2) is 4.79 Å². The molecule has 0 heterocycles. The largest absolute Gasteiger partial charge is 0.459 e. The summed E-state index contributed by atoms with van der Waals surface area (Å²) in [5.41, 5.74) is 3.25. The van der Waals surface area contributed by atoms with E-state index in [1.165, 1.54) is 11.1 Å². The molecule has 2 heteroatoms. The van der Waals surface area contributed by atoms with Gasteiger partial charge in [0.1, 0.15) is 0 Å². The summed E-state index contributed by atoms with van der Waals surface area (Å²) in [5, 5.41) is 0. The lowest BCUT2D eigenvalue weighted by Crippen LogP contribution is -2.11. The van der Waals surface area contributed by atoms with E-state index < -0.39 is 0 Å². The molecule has 0 aliphatic carbocycles. The molecule has 2 aromatic rings. The van der Waals surface area contributed by atoms with Crippen molar-refractivity contribution in [3.63, 3.8) is 0 Å². The number of benzene rings is 2. The average Bonchev–Trinajstić information content (AvgIpc) is 2.48. The second kappa shape index (κ2) is 7.63. The van der Waals surface area contributed by atoms with Crippen molar-refractivity contribution in [3.8, 4) is 0 Å². The lowest BCUT2D eigenvalue weighted by Gasteiger charge is -2.08. The van der Waals surface area contributed by atoms with Gasteiger partial charge in [-0.15, -0.1) is 0 Å². The third kappa shape index (κ3) is 5.07. The van der Waals surface area contributed by atoms with Crippen LogP contribution in [0.25, 0.3) is 0 Å². The molecule has 0 atom stereocenters. The van der Waals surface area contributed by atoms with E-state index in [-0.39, 0.29) is 12.1 Å². The summed E-state index contributed by atoms with van der Waals surface area (Å²) in [6.45, 7) is 3.71. The van der Waals surface area contributed by atoms with Crippen LogP contribution in [0.15, 0.2) is 54.6 Å². The van der Waals surface area contributed by atoms with E-state index in [1.807, 2.05) is 44.2 Å². The van der Waals surface area contributed by atoms with Gasteiger partial charge in [0.05, 0.1) is 11.7 Å². The number of rotatable bonds is 6. The molecule has 2 rings (SSSR count). The lowest BCUT2D eigenvalue weighted by atomic mass is 10.0. The zero-order chi connectivity index (χ0) is 15.1. The van der Waals surface area contributed by atoms with Crippen LogP contribution in [0.5, 0.6) is 0 Å². The first kappa shape index (κ1) is 15.3. The molecule has 21 heavy (non-hydrogen) atoms. The number of carbonyl (C=O) groups excluding carboxylic acids is 1. The highest BCUT2D eigenvalue weighted by molar-refractivity contribution is 5.89. The SMILES string of the molecule is CC(C)OC(=O)c1ccc(CCCc2ccccc2)cc1. The Bertz CT molecular complexity index is 556. The zero-order valence-electron chi connectivity index (χ0n) is 12.7. The molecule has 0 aromatic heterocycles. The number of hydrogen-bond acceptors (Lipinski definition) is 2. The highest BCUT2D eigenvalue weighted by Gasteiger charge is 2.08. The predicted octanol–water partition coefficient (Wildman–Crippen LogP) is 4.43. The van der Waals surface area contributed by atoms with Gasteiger partial charge in [0, 0.05) is 0 Å². The third-order valence-electron chi connectivity index (χ3n) is 3.31. The quantitative estimate of drug-likeness (QED) is 0.733. The van der Waals surface area contributed by atoms with Crippen LogP contribution in [0.2, 0.25) is 0 Å². The minimum Gasteiger partial charge on any atom is -0.459 e. The molecule has 2 aromatic carbocycles. The lowest BCUT2D eigenvalue weighted by molar-refractivity contribution is 0.0378. The number of esters is 1. The molecule has 2 nitrogen and oxygen atoms in total. The smallest absolute Gasteiger partial charge is 0.338 e. The molecule has 0 spiro atoms. The molecule has 0 unspecified atom stereocenters. The molecule has 0 bridgehead atoms. The fourth-order valence-corrected chi connectivity index (χ4v) is 2.23. The summed E-state index contributed by atoms with van der Waals surface area (Å²) in [5.74, 6) is -0.249. The van der Waals surface area contributed by atoms with Crippen LogP contribution in [0.1, 0.15) is 41.8 Å². The summed E-state index contributed by atoms with van der Waals surface area (Å²) >= 11 is 0. The normalized spacial score (nSPS) is 10.6. The van der Waals surface area contributed by atoms with E-state index in [4.69, 9.17) is 4.74 Å². The Kier molecular flexibility index (Phi) is 5.56. The monoisotopic (exact) mass is 282 g/mol. The van der Waals surface area contributed by atoms with Crippen LogP contribution in [0, 0.1) is 0 Å². The van der Waals surface area contributed by atoms with Crippen LogP contribution in [-0.2, 0) is 17.6 Å². The highest BCUT2D eigenvalue weighted by Crippen LogP contribution is 2.11. The Morgan fingerprint density at radius 1 is 0.905 bits per heavy atom. The molecule has 0 aliphatic heterocycles. The predicted molar refractivity (Wildman–Crippen MR) is 85.5 cm³/mol. The Morgan fingerprint density at radius 3 is 2.05 bits per heavy atom. The highest BCUT2D eigenvalue weighted by atomic mass is 16.5. The fourth-order valence-electron chi connectivity index (χ4n) is 2.23. The zero-order valence-corrected chi connectivity index (χ0v) is 12.7. The van der Waals surface area contributed by atoms with Crippen molar-refractivity contribution in [2.75, 3.05) is 0 Å². The van der Waals surface area contributed by atoms with Crippen molar-refractivity contribution in [1.82, 2.24) is 0 Å². The van der Waals surface area contributed by atoms with Gasteiger partial charge >= 0.3 is 5.97 Å². The first-order chi connectivity index (χ1) is 10.1. The number of hydrogen-bond donors (Lipinski definition) is 0. The van der Waals surface area contributed by atoms with Crippen molar-refractivity contribution in [2.24, 2.45) is 0 Å². The van der Waals surface area contributed by atoms with E-state index in [0.29, 0.717) is 5.56 Å². The van der Waals surface area contributed by atoms with E-state index in [1.54, 1.807) is 0 Å². The summed E-state index contributed by atoms with van der Waals surface area (Å²) in [4.78, 5) is 11.7. The molecule has 0 saturated carbocycles. The maximum atomic E-state index is 11.7. The standard InChI is InChI=1S/C19H22O2/c1-15(2)21-19(20)18-13-11-17(12-14-18)10-6-9-16-7-4-3-5-8-16/h3-5,7-8,11-15H,6,9-10H2,1-2H3. The van der Waals surface area contributed by atoms with Crippen LogP contribution < -0.4 is 0 Å². The van der Waals surface area contributed by atoms with E-state index in [9.17, 15) is 4.79 Å². The summed E-state index contributed by atoms with van der Waals surface area (Å²) in [6.07, 6.45) is 3.13. The fraction of sp³-hybridized carbons (Fsp3) is 0.316. The van der Waals surface area contributed by atoms with Crippen molar-refractivity contribution < 1.29 is 9.53 Å². The van der Waals surface area contributed by atoms with E-state index >= 15 is 0 Å². The van der Waals surface area contributed by atoms with Crippen LogP contribution >= 0.6 is 0 Å². The molecule has 0 N–H and O–H groups in total. The van der Waals surface area contributed by atoms with E-state index in [0.717, 1.165) is 19.3 Å². The molecule has 110 valence electrons. The Hall–Kier alpha value is -2.09. The second-order valence-corrected chi connectivity index (χ2v) is 5.49. The maximum Gasteiger partial charge on any atom is 0.338 e. The van der Waals surface area contributed by atoms with Crippen molar-refractivity contribution >= 4 is 5.97 Å². The average molecular weight is 282 g/mol. The van der Waals surface area contributed by atoms with Gasteiger partial charge in [-0.1, -0.05) is 42.5 Å². The third-order valence-corrected chi connectivity index (χ3v) is 3.31. The number of carbonyl (C=O) groups is 1. The van der Waals surface area contributed by atoms with Crippen molar-refractivity contribution in [3.05, 3.63) is 71.3 Å². The first-order valence-electron chi connectivity index (χ1n) is 7.49. The molecular weight excluding hydrogens is 260 g/mol. The molecule has 0 saturated heterocycles. The molecule has 0 aliphatic rings. The Balaban J connectivity index is 1.84. The minimum absolute atomic E-state index is 0.0805. The van der Waals surface area contributed by atoms with Crippen LogP contribution in [-0.4, -0.2) is 12.1 Å². The van der Waals surface area contributed by atoms with Gasteiger partial charge in [0.2, 0.25) is 0 Å². The van der Waals surface area contributed by atoms with Gasteiger partial charge in [0.15, 0.2) is 0 Å². The maximum absolute atomic E-state index is 11.7. The number of ether oxygens (including phenoxy) is 1.